The second kappa shape index (κ2) is 6.50. The van der Waals surface area contributed by atoms with E-state index in [0.717, 1.165) is 29.8 Å². The van der Waals surface area contributed by atoms with Crippen molar-refractivity contribution in [2.75, 3.05) is 23.8 Å². The minimum Gasteiger partial charge on any atom is -0.339 e. The average molecular weight is 299 g/mol. The van der Waals surface area contributed by atoms with Gasteiger partial charge in [-0.15, -0.1) is 0 Å². The molecular weight excluding hydrogens is 278 g/mol. The van der Waals surface area contributed by atoms with E-state index >= 15 is 0 Å². The van der Waals surface area contributed by atoms with Gasteiger partial charge in [-0.2, -0.15) is 28.5 Å². The Hall–Kier alpha value is -0.200. The Labute approximate surface area is 122 Å². The molecule has 106 valence electrons. The van der Waals surface area contributed by atoms with Crippen LogP contribution in [0, 0.1) is 0 Å². The van der Waals surface area contributed by atoms with Gasteiger partial charge in [0.2, 0.25) is 5.89 Å². The highest BCUT2D eigenvalue weighted by Gasteiger charge is 2.34. The number of aromatic nitrogens is 2. The lowest BCUT2D eigenvalue weighted by molar-refractivity contribution is 0.336. The highest BCUT2D eigenvalue weighted by molar-refractivity contribution is 7.99. The van der Waals surface area contributed by atoms with E-state index in [1.165, 1.54) is 25.0 Å². The molecule has 2 aliphatic heterocycles. The van der Waals surface area contributed by atoms with Crippen LogP contribution in [0.4, 0.5) is 0 Å². The van der Waals surface area contributed by atoms with Crippen molar-refractivity contribution < 1.29 is 4.52 Å². The lowest BCUT2D eigenvalue weighted by Crippen LogP contribution is -2.34. The van der Waals surface area contributed by atoms with E-state index in [0.29, 0.717) is 17.2 Å². The second-order valence-corrected chi connectivity index (χ2v) is 7.58. The van der Waals surface area contributed by atoms with Crippen molar-refractivity contribution in [3.8, 4) is 0 Å². The normalized spacial score (nSPS) is 31.1. The van der Waals surface area contributed by atoms with Crippen molar-refractivity contribution in [3.63, 3.8) is 0 Å². The zero-order valence-electron chi connectivity index (χ0n) is 11.3. The van der Waals surface area contributed by atoms with Crippen LogP contribution in [0.2, 0.25) is 0 Å². The van der Waals surface area contributed by atoms with Crippen LogP contribution in [0.25, 0.3) is 0 Å². The summed E-state index contributed by atoms with van der Waals surface area (Å²) in [6.45, 7) is 3.27. The van der Waals surface area contributed by atoms with Gasteiger partial charge in [0, 0.05) is 17.5 Å². The highest BCUT2D eigenvalue weighted by atomic mass is 32.2. The van der Waals surface area contributed by atoms with Gasteiger partial charge < -0.3 is 9.84 Å². The van der Waals surface area contributed by atoms with Gasteiger partial charge in [-0.25, -0.2) is 0 Å². The third kappa shape index (κ3) is 3.11. The van der Waals surface area contributed by atoms with Crippen LogP contribution in [0.15, 0.2) is 4.52 Å². The maximum atomic E-state index is 5.54. The Morgan fingerprint density at radius 3 is 3.16 bits per heavy atom. The molecule has 0 radical (unpaired) electrons. The molecule has 1 aromatic rings. The molecule has 0 spiro atoms. The lowest BCUT2D eigenvalue weighted by atomic mass is 10.0. The summed E-state index contributed by atoms with van der Waals surface area (Å²) in [4.78, 5) is 4.68. The van der Waals surface area contributed by atoms with Crippen molar-refractivity contribution >= 4 is 23.5 Å². The first-order valence-corrected chi connectivity index (χ1v) is 9.35. The van der Waals surface area contributed by atoms with Gasteiger partial charge in [-0.3, -0.25) is 0 Å². The van der Waals surface area contributed by atoms with Crippen LogP contribution in [-0.4, -0.2) is 40.0 Å². The average Bonchev–Trinajstić information content (AvgIpc) is 3.14. The first-order chi connectivity index (χ1) is 9.38. The highest BCUT2D eigenvalue weighted by Crippen LogP contribution is 2.39. The van der Waals surface area contributed by atoms with E-state index in [9.17, 15) is 0 Å². The number of rotatable bonds is 5. The van der Waals surface area contributed by atoms with Crippen molar-refractivity contribution in [2.45, 2.75) is 43.4 Å². The lowest BCUT2D eigenvalue weighted by Gasteiger charge is -2.16. The molecule has 3 atom stereocenters. The molecule has 19 heavy (non-hydrogen) atoms. The molecule has 0 bridgehead atoms. The van der Waals surface area contributed by atoms with Crippen molar-refractivity contribution in [1.82, 2.24) is 15.5 Å². The fourth-order valence-electron chi connectivity index (χ4n) is 2.64. The minimum absolute atomic E-state index is 0.393. The molecule has 4 nitrogen and oxygen atoms in total. The molecule has 6 heteroatoms. The van der Waals surface area contributed by atoms with Crippen molar-refractivity contribution in [1.29, 1.82) is 0 Å². The summed E-state index contributed by atoms with van der Waals surface area (Å²) < 4.78 is 5.54. The molecule has 1 N–H and O–H groups in total. The van der Waals surface area contributed by atoms with Gasteiger partial charge >= 0.3 is 0 Å². The SMILES string of the molecule is CCCNC1CSCC1c1nc(C2CCCS2)no1. The van der Waals surface area contributed by atoms with Crippen LogP contribution in [-0.2, 0) is 0 Å². The Kier molecular flexibility index (Phi) is 4.71. The first-order valence-electron chi connectivity index (χ1n) is 7.14. The first kappa shape index (κ1) is 13.8. The minimum atomic E-state index is 0.393. The molecule has 0 aromatic carbocycles. The van der Waals surface area contributed by atoms with E-state index in [2.05, 4.69) is 22.4 Å². The van der Waals surface area contributed by atoms with Gasteiger partial charge in [0.05, 0.1) is 11.2 Å². The van der Waals surface area contributed by atoms with Crippen molar-refractivity contribution in [2.24, 2.45) is 0 Å². The standard InChI is InChI=1S/C13H21N3OS2/c1-2-5-14-10-8-18-7-9(10)13-15-12(16-17-13)11-4-3-6-19-11/h9-11,14H,2-8H2,1H3. The quantitative estimate of drug-likeness (QED) is 0.902. The van der Waals surface area contributed by atoms with Crippen LogP contribution >= 0.6 is 23.5 Å². The zero-order chi connectivity index (χ0) is 13.1. The Bertz CT molecular complexity index is 406. The number of hydrogen-bond donors (Lipinski definition) is 1. The summed E-state index contributed by atoms with van der Waals surface area (Å²) >= 11 is 3.94. The van der Waals surface area contributed by atoms with E-state index < -0.39 is 0 Å². The third-order valence-corrected chi connectivity index (χ3v) is 6.29. The van der Waals surface area contributed by atoms with Crippen LogP contribution in [0.3, 0.4) is 0 Å². The Balaban J connectivity index is 1.67. The summed E-state index contributed by atoms with van der Waals surface area (Å²) in [5.41, 5.74) is 0. The number of thioether (sulfide) groups is 2. The van der Waals surface area contributed by atoms with Gasteiger partial charge in [0.25, 0.3) is 0 Å². The van der Waals surface area contributed by atoms with Crippen LogP contribution < -0.4 is 5.32 Å². The monoisotopic (exact) mass is 299 g/mol. The van der Waals surface area contributed by atoms with Gasteiger partial charge in [-0.05, 0) is 31.6 Å². The third-order valence-electron chi connectivity index (χ3n) is 3.73. The topological polar surface area (TPSA) is 51.0 Å². The van der Waals surface area contributed by atoms with Crippen molar-refractivity contribution in [3.05, 3.63) is 11.7 Å². The smallest absolute Gasteiger partial charge is 0.232 e. The summed E-state index contributed by atoms with van der Waals surface area (Å²) in [5, 5.41) is 8.28. The molecule has 0 amide bonds. The van der Waals surface area contributed by atoms with Crippen LogP contribution in [0.5, 0.6) is 0 Å². The molecule has 3 rings (SSSR count). The van der Waals surface area contributed by atoms with E-state index in [4.69, 9.17) is 4.52 Å². The second-order valence-electron chi connectivity index (χ2n) is 5.20. The predicted molar refractivity (Wildman–Crippen MR) is 80.9 cm³/mol. The van der Waals surface area contributed by atoms with Gasteiger partial charge in [0.15, 0.2) is 5.82 Å². The summed E-state index contributed by atoms with van der Waals surface area (Å²) in [5.74, 6) is 5.64. The van der Waals surface area contributed by atoms with Gasteiger partial charge in [-0.1, -0.05) is 12.1 Å². The Morgan fingerprint density at radius 1 is 1.42 bits per heavy atom. The van der Waals surface area contributed by atoms with Crippen LogP contribution in [0.1, 0.15) is 49.1 Å². The molecule has 2 fully saturated rings. The molecule has 0 aliphatic carbocycles. The van der Waals surface area contributed by atoms with E-state index in [1.807, 2.05) is 23.5 Å². The predicted octanol–water partition coefficient (Wildman–Crippen LogP) is 2.84. The molecule has 2 aliphatic rings. The summed E-state index contributed by atoms with van der Waals surface area (Å²) in [7, 11) is 0. The molecule has 1 aromatic heterocycles. The van der Waals surface area contributed by atoms with E-state index in [-0.39, 0.29) is 0 Å². The maximum absolute atomic E-state index is 5.54. The maximum Gasteiger partial charge on any atom is 0.232 e. The molecule has 3 unspecified atom stereocenters. The number of nitrogens with one attached hydrogen (secondary N) is 1. The number of hydrogen-bond acceptors (Lipinski definition) is 6. The Morgan fingerprint density at radius 2 is 2.37 bits per heavy atom. The summed E-state index contributed by atoms with van der Waals surface area (Å²) in [6.07, 6.45) is 3.64. The molecule has 0 saturated carbocycles. The van der Waals surface area contributed by atoms with E-state index in [1.54, 1.807) is 0 Å². The van der Waals surface area contributed by atoms with Gasteiger partial charge in [0.1, 0.15) is 0 Å². The molecule has 3 heterocycles. The zero-order valence-corrected chi connectivity index (χ0v) is 12.9. The molecular formula is C13H21N3OS2. The largest absolute Gasteiger partial charge is 0.339 e. The fourth-order valence-corrected chi connectivity index (χ4v) is 5.20. The number of nitrogens with zero attached hydrogens (tertiary/aromatic N) is 2. The fraction of sp³-hybridized carbons (Fsp3) is 0.846. The molecule has 2 saturated heterocycles. The summed E-state index contributed by atoms with van der Waals surface area (Å²) in [6, 6.07) is 0.495.